The summed E-state index contributed by atoms with van der Waals surface area (Å²) in [6.45, 7) is 0. The molecule has 16 heavy (non-hydrogen) atoms. The fraction of sp³-hybridized carbons (Fsp3) is 0.273. The highest BCUT2D eigenvalue weighted by molar-refractivity contribution is 6.99. The summed E-state index contributed by atoms with van der Waals surface area (Å²) in [7, 11) is 1.93. The number of nitrogens with one attached hydrogen (secondary N) is 1. The third-order valence-electron chi connectivity index (χ3n) is 2.41. The van der Waals surface area contributed by atoms with E-state index in [1.807, 2.05) is 25.2 Å². The molecule has 1 unspecified atom stereocenters. The van der Waals surface area contributed by atoms with Gasteiger partial charge in [-0.1, -0.05) is 23.7 Å². The SMILES string of the molecule is CNC(Cc1cccc(Cl)c1)c1cnsn1. The molecule has 1 atom stereocenters. The standard InChI is InChI=1S/C11H12ClN3S/c1-13-10(11-7-14-16-15-11)6-8-3-2-4-9(12)5-8/h2-5,7,10,13H,6H2,1H3. The maximum absolute atomic E-state index is 5.95. The highest BCUT2D eigenvalue weighted by atomic mass is 35.5. The molecule has 0 saturated heterocycles. The van der Waals surface area contributed by atoms with Gasteiger partial charge in [-0.05, 0) is 31.2 Å². The molecule has 0 spiro atoms. The van der Waals surface area contributed by atoms with Crippen molar-refractivity contribution in [3.63, 3.8) is 0 Å². The summed E-state index contributed by atoms with van der Waals surface area (Å²) in [5.41, 5.74) is 2.17. The third-order valence-corrected chi connectivity index (χ3v) is 3.14. The molecular weight excluding hydrogens is 242 g/mol. The van der Waals surface area contributed by atoms with Gasteiger partial charge in [-0.2, -0.15) is 8.75 Å². The van der Waals surface area contributed by atoms with Gasteiger partial charge in [-0.3, -0.25) is 0 Å². The molecule has 0 radical (unpaired) electrons. The molecule has 1 heterocycles. The molecule has 84 valence electrons. The first-order valence-corrected chi connectivity index (χ1v) is 6.09. The van der Waals surface area contributed by atoms with Crippen molar-refractivity contribution in [2.75, 3.05) is 7.05 Å². The van der Waals surface area contributed by atoms with Crippen molar-refractivity contribution in [3.8, 4) is 0 Å². The molecule has 2 rings (SSSR count). The predicted octanol–water partition coefficient (Wildman–Crippen LogP) is 2.69. The first-order valence-electron chi connectivity index (χ1n) is 4.99. The van der Waals surface area contributed by atoms with E-state index in [0.29, 0.717) is 0 Å². The van der Waals surface area contributed by atoms with Crippen LogP contribution < -0.4 is 5.32 Å². The van der Waals surface area contributed by atoms with Crippen LogP contribution in [-0.2, 0) is 6.42 Å². The normalized spacial score (nSPS) is 12.6. The monoisotopic (exact) mass is 253 g/mol. The molecule has 0 bridgehead atoms. The largest absolute Gasteiger partial charge is 0.311 e. The van der Waals surface area contributed by atoms with Crippen LogP contribution in [0.1, 0.15) is 17.3 Å². The van der Waals surface area contributed by atoms with Crippen molar-refractivity contribution < 1.29 is 0 Å². The van der Waals surface area contributed by atoms with Crippen LogP contribution in [0.15, 0.2) is 30.5 Å². The summed E-state index contributed by atoms with van der Waals surface area (Å²) >= 11 is 7.18. The van der Waals surface area contributed by atoms with Crippen LogP contribution >= 0.6 is 23.3 Å². The van der Waals surface area contributed by atoms with Gasteiger partial charge in [0.1, 0.15) is 0 Å². The number of hydrogen-bond acceptors (Lipinski definition) is 4. The first-order chi connectivity index (χ1) is 7.79. The third kappa shape index (κ3) is 2.78. The lowest BCUT2D eigenvalue weighted by molar-refractivity contribution is 0.580. The van der Waals surface area contributed by atoms with Crippen molar-refractivity contribution in [2.24, 2.45) is 0 Å². The number of likely N-dealkylation sites (N-methyl/N-ethyl adjacent to an activating group) is 1. The van der Waals surface area contributed by atoms with E-state index >= 15 is 0 Å². The molecule has 1 N–H and O–H groups in total. The minimum atomic E-state index is 0.192. The van der Waals surface area contributed by atoms with Crippen LogP contribution in [-0.4, -0.2) is 15.8 Å². The van der Waals surface area contributed by atoms with Crippen molar-refractivity contribution >= 4 is 23.3 Å². The van der Waals surface area contributed by atoms with Crippen molar-refractivity contribution in [2.45, 2.75) is 12.5 Å². The Labute approximate surface area is 104 Å². The van der Waals surface area contributed by atoms with Gasteiger partial charge in [0.25, 0.3) is 0 Å². The molecule has 0 aliphatic heterocycles. The van der Waals surface area contributed by atoms with Crippen LogP contribution in [0.5, 0.6) is 0 Å². The maximum Gasteiger partial charge on any atom is 0.0915 e. The Morgan fingerprint density at radius 3 is 3.00 bits per heavy atom. The molecule has 0 aliphatic carbocycles. The van der Waals surface area contributed by atoms with E-state index in [1.54, 1.807) is 6.20 Å². The second kappa shape index (κ2) is 5.39. The van der Waals surface area contributed by atoms with Crippen LogP contribution in [0, 0.1) is 0 Å². The number of benzene rings is 1. The summed E-state index contributed by atoms with van der Waals surface area (Å²) in [4.78, 5) is 0. The van der Waals surface area contributed by atoms with E-state index in [0.717, 1.165) is 17.1 Å². The summed E-state index contributed by atoms with van der Waals surface area (Å²) < 4.78 is 8.26. The Morgan fingerprint density at radius 2 is 2.38 bits per heavy atom. The molecule has 0 fully saturated rings. The Kier molecular flexibility index (Phi) is 3.88. The lowest BCUT2D eigenvalue weighted by Crippen LogP contribution is -2.19. The number of nitrogens with zero attached hydrogens (tertiary/aromatic N) is 2. The van der Waals surface area contributed by atoms with Gasteiger partial charge in [-0.25, -0.2) is 0 Å². The fourth-order valence-electron chi connectivity index (χ4n) is 1.58. The van der Waals surface area contributed by atoms with Crippen molar-refractivity contribution in [3.05, 3.63) is 46.7 Å². The molecular formula is C11H12ClN3S. The van der Waals surface area contributed by atoms with E-state index in [2.05, 4.69) is 20.1 Å². The van der Waals surface area contributed by atoms with E-state index in [1.165, 1.54) is 17.3 Å². The summed E-state index contributed by atoms with van der Waals surface area (Å²) in [6.07, 6.45) is 2.67. The van der Waals surface area contributed by atoms with Crippen LogP contribution in [0.3, 0.4) is 0 Å². The second-order valence-corrected chi connectivity index (χ2v) is 4.50. The number of rotatable bonds is 4. The molecule has 2 aromatic rings. The zero-order valence-electron chi connectivity index (χ0n) is 8.85. The quantitative estimate of drug-likeness (QED) is 0.911. The number of hydrogen-bond donors (Lipinski definition) is 1. The zero-order chi connectivity index (χ0) is 11.4. The average molecular weight is 254 g/mol. The Hall–Kier alpha value is -0.970. The van der Waals surface area contributed by atoms with Gasteiger partial charge >= 0.3 is 0 Å². The van der Waals surface area contributed by atoms with E-state index in [-0.39, 0.29) is 6.04 Å². The van der Waals surface area contributed by atoms with Crippen LogP contribution in [0.25, 0.3) is 0 Å². The topological polar surface area (TPSA) is 37.8 Å². The molecule has 0 amide bonds. The molecule has 1 aromatic heterocycles. The Bertz CT molecular complexity index is 444. The van der Waals surface area contributed by atoms with Gasteiger partial charge in [0.05, 0.1) is 29.7 Å². The van der Waals surface area contributed by atoms with Gasteiger partial charge in [0, 0.05) is 5.02 Å². The van der Waals surface area contributed by atoms with Crippen molar-refractivity contribution in [1.29, 1.82) is 0 Å². The maximum atomic E-state index is 5.95. The van der Waals surface area contributed by atoms with Gasteiger partial charge in [0.2, 0.25) is 0 Å². The van der Waals surface area contributed by atoms with Crippen LogP contribution in [0.4, 0.5) is 0 Å². The summed E-state index contributed by atoms with van der Waals surface area (Å²) in [6, 6.07) is 8.08. The molecule has 0 saturated carbocycles. The zero-order valence-corrected chi connectivity index (χ0v) is 10.4. The molecule has 3 nitrogen and oxygen atoms in total. The minimum Gasteiger partial charge on any atom is -0.311 e. The summed E-state index contributed by atoms with van der Waals surface area (Å²) in [5, 5.41) is 4.00. The molecule has 0 aliphatic rings. The molecule has 1 aromatic carbocycles. The summed E-state index contributed by atoms with van der Waals surface area (Å²) in [5.74, 6) is 0. The lowest BCUT2D eigenvalue weighted by Gasteiger charge is -2.13. The average Bonchev–Trinajstić information content (AvgIpc) is 2.79. The highest BCUT2D eigenvalue weighted by Gasteiger charge is 2.12. The first kappa shape index (κ1) is 11.5. The van der Waals surface area contributed by atoms with E-state index in [4.69, 9.17) is 11.6 Å². The van der Waals surface area contributed by atoms with E-state index in [9.17, 15) is 0 Å². The smallest absolute Gasteiger partial charge is 0.0915 e. The lowest BCUT2D eigenvalue weighted by atomic mass is 10.0. The van der Waals surface area contributed by atoms with Gasteiger partial charge in [0.15, 0.2) is 0 Å². The Balaban J connectivity index is 2.13. The fourth-order valence-corrected chi connectivity index (χ4v) is 2.26. The predicted molar refractivity (Wildman–Crippen MR) is 66.9 cm³/mol. The molecule has 5 heteroatoms. The van der Waals surface area contributed by atoms with Crippen molar-refractivity contribution in [1.82, 2.24) is 14.1 Å². The Morgan fingerprint density at radius 1 is 1.50 bits per heavy atom. The van der Waals surface area contributed by atoms with Gasteiger partial charge in [-0.15, -0.1) is 0 Å². The van der Waals surface area contributed by atoms with Gasteiger partial charge < -0.3 is 5.32 Å². The minimum absolute atomic E-state index is 0.192. The van der Waals surface area contributed by atoms with Crippen LogP contribution in [0.2, 0.25) is 5.02 Å². The van der Waals surface area contributed by atoms with E-state index < -0.39 is 0 Å². The number of halogens is 1. The number of aromatic nitrogens is 2. The second-order valence-electron chi connectivity index (χ2n) is 3.51. The highest BCUT2D eigenvalue weighted by Crippen LogP contribution is 2.18.